The average molecular weight is 457 g/mol. The molecule has 2 aromatic carbocycles. The van der Waals surface area contributed by atoms with Gasteiger partial charge in [0.1, 0.15) is 11.6 Å². The Balaban J connectivity index is 1.35. The second-order valence-electron chi connectivity index (χ2n) is 8.26. The van der Waals surface area contributed by atoms with Crippen molar-refractivity contribution in [1.82, 2.24) is 15.1 Å². The molecular formula is C26H28N6O2. The fourth-order valence-electron chi connectivity index (χ4n) is 3.56. The van der Waals surface area contributed by atoms with Gasteiger partial charge in [0.2, 0.25) is 11.9 Å². The minimum Gasteiger partial charge on any atom is -0.361 e. The van der Waals surface area contributed by atoms with Gasteiger partial charge in [-0.1, -0.05) is 22.9 Å². The van der Waals surface area contributed by atoms with Crippen molar-refractivity contribution < 1.29 is 9.32 Å². The molecule has 4 aromatic rings. The van der Waals surface area contributed by atoms with Crippen molar-refractivity contribution in [3.63, 3.8) is 0 Å². The number of aryl methyl sites for hydroxylation is 4. The van der Waals surface area contributed by atoms with E-state index in [4.69, 9.17) is 4.52 Å². The third kappa shape index (κ3) is 5.98. The summed E-state index contributed by atoms with van der Waals surface area (Å²) in [4.78, 5) is 21.4. The Bertz CT molecular complexity index is 1260. The van der Waals surface area contributed by atoms with E-state index in [1.165, 1.54) is 5.56 Å². The average Bonchev–Trinajstić information content (AvgIpc) is 3.12. The van der Waals surface area contributed by atoms with E-state index >= 15 is 0 Å². The Morgan fingerprint density at radius 2 is 1.50 bits per heavy atom. The zero-order valence-corrected chi connectivity index (χ0v) is 19.8. The third-order valence-electron chi connectivity index (χ3n) is 5.39. The lowest BCUT2D eigenvalue weighted by atomic mass is 10.1. The van der Waals surface area contributed by atoms with E-state index in [-0.39, 0.29) is 5.91 Å². The number of aromatic nitrogens is 3. The molecule has 0 saturated carbocycles. The van der Waals surface area contributed by atoms with Crippen molar-refractivity contribution in [3.8, 4) is 0 Å². The van der Waals surface area contributed by atoms with Crippen LogP contribution in [-0.2, 0) is 11.2 Å². The molecule has 0 atom stereocenters. The van der Waals surface area contributed by atoms with Gasteiger partial charge in [0.25, 0.3) is 0 Å². The molecule has 3 N–H and O–H groups in total. The summed E-state index contributed by atoms with van der Waals surface area (Å²) in [5.41, 5.74) is 6.37. The predicted molar refractivity (Wildman–Crippen MR) is 134 cm³/mol. The van der Waals surface area contributed by atoms with Crippen LogP contribution in [0, 0.1) is 27.7 Å². The molecule has 1 amide bonds. The molecule has 0 aliphatic carbocycles. The summed E-state index contributed by atoms with van der Waals surface area (Å²) in [7, 11) is 0. The van der Waals surface area contributed by atoms with Gasteiger partial charge in [-0.15, -0.1) is 0 Å². The molecule has 0 spiro atoms. The highest BCUT2D eigenvalue weighted by Gasteiger charge is 2.11. The van der Waals surface area contributed by atoms with E-state index in [0.717, 1.165) is 39.8 Å². The van der Waals surface area contributed by atoms with Crippen molar-refractivity contribution in [3.05, 3.63) is 82.9 Å². The van der Waals surface area contributed by atoms with Crippen LogP contribution >= 0.6 is 0 Å². The fraction of sp³-hybridized carbons (Fsp3) is 0.231. The smallest absolute Gasteiger partial charge is 0.229 e. The minimum atomic E-state index is -0.0606. The number of anilines is 5. The molecule has 8 heteroatoms. The Kier molecular flexibility index (Phi) is 6.87. The lowest BCUT2D eigenvalue weighted by Crippen LogP contribution is -2.12. The van der Waals surface area contributed by atoms with Gasteiger partial charge in [-0.3, -0.25) is 4.79 Å². The maximum atomic E-state index is 12.3. The van der Waals surface area contributed by atoms with Gasteiger partial charge >= 0.3 is 0 Å². The fourth-order valence-corrected chi connectivity index (χ4v) is 3.56. The highest BCUT2D eigenvalue weighted by Crippen LogP contribution is 2.21. The van der Waals surface area contributed by atoms with Crippen LogP contribution in [0.15, 0.2) is 59.1 Å². The van der Waals surface area contributed by atoms with Crippen molar-refractivity contribution in [1.29, 1.82) is 0 Å². The zero-order chi connectivity index (χ0) is 24.1. The number of carbonyl (C=O) groups excluding carboxylic acids is 1. The third-order valence-corrected chi connectivity index (χ3v) is 5.39. The molecule has 0 aliphatic heterocycles. The first kappa shape index (κ1) is 23.0. The van der Waals surface area contributed by atoms with E-state index in [0.29, 0.717) is 24.6 Å². The van der Waals surface area contributed by atoms with Crippen molar-refractivity contribution in [2.45, 2.75) is 40.5 Å². The highest BCUT2D eigenvalue weighted by molar-refractivity contribution is 5.91. The molecule has 0 bridgehead atoms. The first-order valence-electron chi connectivity index (χ1n) is 11.1. The van der Waals surface area contributed by atoms with Gasteiger partial charge < -0.3 is 20.5 Å². The standard InChI is InChI=1S/C26H28N6O2/c1-16-5-7-20(8-6-16)28-24-15-17(2)27-26(31-24)30-22-11-9-21(10-12-22)29-25(33)14-13-23-18(3)32-34-19(23)4/h5-12,15H,13-14H2,1-4H3,(H,29,33)(H2,27,28,30,31). The second kappa shape index (κ2) is 10.2. The van der Waals surface area contributed by atoms with Crippen LogP contribution in [0.4, 0.5) is 28.8 Å². The summed E-state index contributed by atoms with van der Waals surface area (Å²) in [6.45, 7) is 7.72. The molecule has 174 valence electrons. The molecule has 0 fully saturated rings. The summed E-state index contributed by atoms with van der Waals surface area (Å²) in [5, 5.41) is 13.4. The quantitative estimate of drug-likeness (QED) is 0.310. The Morgan fingerprint density at radius 3 is 2.18 bits per heavy atom. The van der Waals surface area contributed by atoms with Gasteiger partial charge in [0.05, 0.1) is 5.69 Å². The Hall–Kier alpha value is -4.20. The van der Waals surface area contributed by atoms with Crippen LogP contribution in [0.25, 0.3) is 0 Å². The van der Waals surface area contributed by atoms with Crippen LogP contribution in [-0.4, -0.2) is 21.0 Å². The van der Waals surface area contributed by atoms with Crippen LogP contribution < -0.4 is 16.0 Å². The number of benzene rings is 2. The van der Waals surface area contributed by atoms with Gasteiger partial charge in [-0.25, -0.2) is 4.98 Å². The normalized spacial score (nSPS) is 10.7. The number of amides is 1. The summed E-state index contributed by atoms with van der Waals surface area (Å²) < 4.78 is 5.15. The molecular weight excluding hydrogens is 428 g/mol. The molecule has 0 radical (unpaired) electrons. The van der Waals surface area contributed by atoms with E-state index in [1.807, 2.05) is 75.4 Å². The van der Waals surface area contributed by atoms with Gasteiger partial charge in [0, 0.05) is 40.8 Å². The lowest BCUT2D eigenvalue weighted by Gasteiger charge is -2.11. The van der Waals surface area contributed by atoms with E-state index in [1.54, 1.807) is 0 Å². The Morgan fingerprint density at radius 1 is 0.853 bits per heavy atom. The predicted octanol–water partition coefficient (Wildman–Crippen LogP) is 5.76. The van der Waals surface area contributed by atoms with Crippen molar-refractivity contribution >= 4 is 34.7 Å². The number of nitrogens with one attached hydrogen (secondary N) is 3. The first-order valence-corrected chi connectivity index (χ1v) is 11.1. The summed E-state index contributed by atoms with van der Waals surface area (Å²) in [5.74, 6) is 1.90. The van der Waals surface area contributed by atoms with E-state index in [2.05, 4.69) is 38.0 Å². The molecule has 0 aliphatic rings. The minimum absolute atomic E-state index is 0.0606. The SMILES string of the molecule is Cc1ccc(Nc2cc(C)nc(Nc3ccc(NC(=O)CCc4c(C)noc4C)cc3)n2)cc1. The Labute approximate surface area is 198 Å². The monoisotopic (exact) mass is 456 g/mol. The summed E-state index contributed by atoms with van der Waals surface area (Å²) in [6.07, 6.45) is 0.951. The molecule has 0 unspecified atom stereocenters. The van der Waals surface area contributed by atoms with Gasteiger partial charge in [0.15, 0.2) is 0 Å². The molecule has 34 heavy (non-hydrogen) atoms. The first-order chi connectivity index (χ1) is 16.4. The van der Waals surface area contributed by atoms with Crippen molar-refractivity contribution in [2.24, 2.45) is 0 Å². The van der Waals surface area contributed by atoms with Crippen molar-refractivity contribution in [2.75, 3.05) is 16.0 Å². The van der Waals surface area contributed by atoms with Crippen LogP contribution in [0.1, 0.15) is 34.7 Å². The zero-order valence-electron chi connectivity index (χ0n) is 19.8. The van der Waals surface area contributed by atoms with E-state index < -0.39 is 0 Å². The van der Waals surface area contributed by atoms with Gasteiger partial charge in [-0.05, 0) is 70.5 Å². The lowest BCUT2D eigenvalue weighted by molar-refractivity contribution is -0.116. The number of nitrogens with zero attached hydrogens (tertiary/aromatic N) is 3. The maximum absolute atomic E-state index is 12.3. The summed E-state index contributed by atoms with van der Waals surface area (Å²) >= 11 is 0. The van der Waals surface area contributed by atoms with Crippen LogP contribution in [0.2, 0.25) is 0 Å². The second-order valence-corrected chi connectivity index (χ2v) is 8.26. The summed E-state index contributed by atoms with van der Waals surface area (Å²) in [6, 6.07) is 17.5. The van der Waals surface area contributed by atoms with Gasteiger partial charge in [-0.2, -0.15) is 4.98 Å². The van der Waals surface area contributed by atoms with Crippen LogP contribution in [0.3, 0.4) is 0 Å². The molecule has 2 aromatic heterocycles. The largest absolute Gasteiger partial charge is 0.361 e. The molecule has 0 saturated heterocycles. The van der Waals surface area contributed by atoms with E-state index in [9.17, 15) is 4.79 Å². The number of carbonyl (C=O) groups is 1. The maximum Gasteiger partial charge on any atom is 0.229 e. The number of rotatable bonds is 8. The number of hydrogen-bond donors (Lipinski definition) is 3. The topological polar surface area (TPSA) is 105 Å². The molecule has 2 heterocycles. The highest BCUT2D eigenvalue weighted by atomic mass is 16.5. The van der Waals surface area contributed by atoms with Crippen LogP contribution in [0.5, 0.6) is 0 Å². The molecule has 8 nitrogen and oxygen atoms in total. The number of hydrogen-bond acceptors (Lipinski definition) is 7. The molecule has 4 rings (SSSR count).